The Morgan fingerprint density at radius 3 is 2.65 bits per heavy atom. The van der Waals surface area contributed by atoms with Gasteiger partial charge in [0.25, 0.3) is 11.1 Å². The number of halogens is 2. The highest BCUT2D eigenvalue weighted by atomic mass is 35.5. The summed E-state index contributed by atoms with van der Waals surface area (Å²) >= 11 is 6.78. The normalized spacial score (nSPS) is 14.9. The number of carbonyl (C=O) groups excluding carboxylic acids is 2. The number of carboxylic acids is 1. The van der Waals surface area contributed by atoms with Gasteiger partial charge >= 0.3 is 5.97 Å². The molecule has 2 aromatic rings. The molecule has 0 aromatic heterocycles. The van der Waals surface area contributed by atoms with E-state index in [2.05, 4.69) is 0 Å². The Labute approximate surface area is 186 Å². The molecule has 1 N–H and O–H groups in total. The van der Waals surface area contributed by atoms with Crippen LogP contribution in [0.5, 0.6) is 11.5 Å². The molecule has 1 heterocycles. The molecule has 0 aliphatic carbocycles. The molecule has 0 bridgehead atoms. The van der Waals surface area contributed by atoms with Crippen molar-refractivity contribution >= 4 is 46.6 Å². The van der Waals surface area contributed by atoms with Crippen molar-refractivity contribution < 1.29 is 33.4 Å². The average molecular weight is 466 g/mol. The van der Waals surface area contributed by atoms with Crippen molar-refractivity contribution in [2.45, 2.75) is 13.5 Å². The minimum Gasteiger partial charge on any atom is -0.490 e. The van der Waals surface area contributed by atoms with Crippen LogP contribution >= 0.6 is 23.4 Å². The summed E-state index contributed by atoms with van der Waals surface area (Å²) in [6.45, 7) is 1.49. The van der Waals surface area contributed by atoms with Crippen LogP contribution in [0.4, 0.5) is 9.18 Å². The van der Waals surface area contributed by atoms with Gasteiger partial charge in [-0.05, 0) is 60.2 Å². The van der Waals surface area contributed by atoms with Gasteiger partial charge in [0.2, 0.25) is 0 Å². The average Bonchev–Trinajstić information content (AvgIpc) is 2.96. The highest BCUT2D eigenvalue weighted by molar-refractivity contribution is 8.18. The second kappa shape index (κ2) is 9.84. The maximum absolute atomic E-state index is 13.2. The lowest BCUT2D eigenvalue weighted by Gasteiger charge is -2.13. The standard InChI is InChI=1S/C21H17ClFNO6S/c1-2-29-17-7-12(3-6-16(17)30-11-19(25)26)8-18-20(27)24(21(28)31-18)10-13-4-5-14(23)9-15(13)22/h3-9H,2,10-11H2,1H3,(H,25,26)/b18-8+. The molecule has 10 heteroatoms. The summed E-state index contributed by atoms with van der Waals surface area (Å²) in [7, 11) is 0. The molecule has 0 unspecified atom stereocenters. The number of imide groups is 1. The van der Waals surface area contributed by atoms with Gasteiger partial charge in [-0.3, -0.25) is 14.5 Å². The first-order valence-corrected chi connectivity index (χ1v) is 10.3. The van der Waals surface area contributed by atoms with E-state index in [9.17, 15) is 18.8 Å². The number of thioether (sulfide) groups is 1. The lowest BCUT2D eigenvalue weighted by atomic mass is 10.1. The molecular weight excluding hydrogens is 449 g/mol. The Kier molecular flexibility index (Phi) is 7.19. The summed E-state index contributed by atoms with van der Waals surface area (Å²) in [5, 5.41) is 8.43. The van der Waals surface area contributed by atoms with Crippen LogP contribution in [0.25, 0.3) is 6.08 Å². The third-order valence-corrected chi connectivity index (χ3v) is 5.39. The van der Waals surface area contributed by atoms with Gasteiger partial charge in [-0.25, -0.2) is 9.18 Å². The fourth-order valence-corrected chi connectivity index (χ4v) is 3.81. The van der Waals surface area contributed by atoms with Crippen molar-refractivity contribution in [1.82, 2.24) is 4.90 Å². The summed E-state index contributed by atoms with van der Waals surface area (Å²) in [5.41, 5.74) is 1.02. The Hall–Kier alpha value is -3.04. The molecule has 2 aromatic carbocycles. The lowest BCUT2D eigenvalue weighted by Crippen LogP contribution is -2.27. The maximum Gasteiger partial charge on any atom is 0.341 e. The molecular formula is C21H17ClFNO6S. The van der Waals surface area contributed by atoms with E-state index in [0.717, 1.165) is 22.7 Å². The summed E-state index contributed by atoms with van der Waals surface area (Å²) in [6, 6.07) is 8.49. The summed E-state index contributed by atoms with van der Waals surface area (Å²) in [5.74, 6) is -1.57. The molecule has 162 valence electrons. The van der Waals surface area contributed by atoms with Crippen LogP contribution in [-0.4, -0.2) is 40.3 Å². The van der Waals surface area contributed by atoms with Crippen LogP contribution in [0.15, 0.2) is 41.3 Å². The van der Waals surface area contributed by atoms with Crippen molar-refractivity contribution in [3.63, 3.8) is 0 Å². The number of ether oxygens (including phenoxy) is 2. The minimum absolute atomic E-state index is 0.0761. The first kappa shape index (κ1) is 22.6. The molecule has 1 fully saturated rings. The van der Waals surface area contributed by atoms with Gasteiger partial charge in [-0.2, -0.15) is 0 Å². The number of carbonyl (C=O) groups is 3. The van der Waals surface area contributed by atoms with Crippen LogP contribution in [-0.2, 0) is 16.1 Å². The molecule has 0 spiro atoms. The minimum atomic E-state index is -1.12. The molecule has 1 aliphatic heterocycles. The number of hydrogen-bond acceptors (Lipinski definition) is 6. The quantitative estimate of drug-likeness (QED) is 0.570. The fourth-order valence-electron chi connectivity index (χ4n) is 2.75. The smallest absolute Gasteiger partial charge is 0.341 e. The second-order valence-electron chi connectivity index (χ2n) is 6.33. The van der Waals surface area contributed by atoms with E-state index in [0.29, 0.717) is 23.5 Å². The Balaban J connectivity index is 1.81. The van der Waals surface area contributed by atoms with Gasteiger partial charge in [0.15, 0.2) is 18.1 Å². The highest BCUT2D eigenvalue weighted by Crippen LogP contribution is 2.36. The third-order valence-electron chi connectivity index (χ3n) is 4.13. The number of nitrogens with zero attached hydrogens (tertiary/aromatic N) is 1. The molecule has 1 saturated heterocycles. The van der Waals surface area contributed by atoms with Crippen molar-refractivity contribution in [3.05, 3.63) is 63.3 Å². The van der Waals surface area contributed by atoms with Crippen LogP contribution in [0.2, 0.25) is 5.02 Å². The molecule has 0 atom stereocenters. The van der Waals surface area contributed by atoms with Crippen molar-refractivity contribution in [3.8, 4) is 11.5 Å². The van der Waals surface area contributed by atoms with Gasteiger partial charge in [0, 0.05) is 5.02 Å². The molecule has 0 saturated carbocycles. The highest BCUT2D eigenvalue weighted by Gasteiger charge is 2.35. The van der Waals surface area contributed by atoms with Gasteiger partial charge < -0.3 is 14.6 Å². The summed E-state index contributed by atoms with van der Waals surface area (Å²) in [6.07, 6.45) is 1.53. The van der Waals surface area contributed by atoms with Gasteiger partial charge in [0.05, 0.1) is 18.1 Å². The predicted molar refractivity (Wildman–Crippen MR) is 114 cm³/mol. The Morgan fingerprint density at radius 2 is 1.97 bits per heavy atom. The van der Waals surface area contributed by atoms with Crippen LogP contribution < -0.4 is 9.47 Å². The zero-order valence-electron chi connectivity index (χ0n) is 16.3. The SMILES string of the molecule is CCOc1cc(/C=C2/SC(=O)N(Cc3ccc(F)cc3Cl)C2=O)ccc1OCC(=O)O. The van der Waals surface area contributed by atoms with Gasteiger partial charge in [-0.1, -0.05) is 23.7 Å². The van der Waals surface area contributed by atoms with Crippen LogP contribution in [0.1, 0.15) is 18.1 Å². The predicted octanol–water partition coefficient (Wildman–Crippen LogP) is 4.58. The molecule has 1 aliphatic rings. The Bertz CT molecular complexity index is 1070. The number of carboxylic acid groups (broad SMARTS) is 1. The number of amides is 2. The van der Waals surface area contributed by atoms with Crippen molar-refractivity contribution in [1.29, 1.82) is 0 Å². The lowest BCUT2D eigenvalue weighted by molar-refractivity contribution is -0.139. The van der Waals surface area contributed by atoms with E-state index in [1.165, 1.54) is 24.3 Å². The first-order valence-electron chi connectivity index (χ1n) is 9.09. The third kappa shape index (κ3) is 5.56. The molecule has 2 amide bonds. The van der Waals surface area contributed by atoms with E-state index >= 15 is 0 Å². The topological polar surface area (TPSA) is 93.1 Å². The molecule has 3 rings (SSSR count). The summed E-state index contributed by atoms with van der Waals surface area (Å²) < 4.78 is 23.9. The van der Waals surface area contributed by atoms with E-state index in [1.54, 1.807) is 19.1 Å². The second-order valence-corrected chi connectivity index (χ2v) is 7.73. The molecule has 0 radical (unpaired) electrons. The van der Waals surface area contributed by atoms with Gasteiger partial charge in [0.1, 0.15) is 5.82 Å². The monoisotopic (exact) mass is 465 g/mol. The van der Waals surface area contributed by atoms with Gasteiger partial charge in [-0.15, -0.1) is 0 Å². The summed E-state index contributed by atoms with van der Waals surface area (Å²) in [4.78, 5) is 37.0. The number of aliphatic carboxylic acids is 1. The number of rotatable bonds is 8. The zero-order chi connectivity index (χ0) is 22.5. The van der Waals surface area contributed by atoms with E-state index < -0.39 is 29.5 Å². The largest absolute Gasteiger partial charge is 0.490 e. The van der Waals surface area contributed by atoms with Crippen molar-refractivity contribution in [2.24, 2.45) is 0 Å². The zero-order valence-corrected chi connectivity index (χ0v) is 17.8. The van der Waals surface area contributed by atoms with E-state index in [-0.39, 0.29) is 22.2 Å². The van der Waals surface area contributed by atoms with Crippen LogP contribution in [0, 0.1) is 5.82 Å². The molecule has 31 heavy (non-hydrogen) atoms. The number of hydrogen-bond donors (Lipinski definition) is 1. The maximum atomic E-state index is 13.2. The number of benzene rings is 2. The Morgan fingerprint density at radius 1 is 1.19 bits per heavy atom. The van der Waals surface area contributed by atoms with Crippen LogP contribution in [0.3, 0.4) is 0 Å². The first-order chi connectivity index (χ1) is 14.8. The van der Waals surface area contributed by atoms with E-state index in [1.807, 2.05) is 0 Å². The van der Waals surface area contributed by atoms with E-state index in [4.69, 9.17) is 26.2 Å². The fraction of sp³-hybridized carbons (Fsp3) is 0.190. The molecule has 7 nitrogen and oxygen atoms in total. The van der Waals surface area contributed by atoms with Crippen molar-refractivity contribution in [2.75, 3.05) is 13.2 Å².